The molecule has 0 aliphatic rings. The summed E-state index contributed by atoms with van der Waals surface area (Å²) in [6.07, 6.45) is 0. The molecule has 0 amide bonds. The topological polar surface area (TPSA) is 63.6 Å². The first-order valence-corrected chi connectivity index (χ1v) is 7.02. The van der Waals surface area contributed by atoms with Gasteiger partial charge < -0.3 is 9.84 Å². The minimum Gasteiger partial charge on any atom is -0.425 e. The summed E-state index contributed by atoms with van der Waals surface area (Å²) in [5, 5.41) is 10.8. The van der Waals surface area contributed by atoms with Crippen molar-refractivity contribution in [2.75, 3.05) is 0 Å². The van der Waals surface area contributed by atoms with Gasteiger partial charge in [0.15, 0.2) is 0 Å². The Kier molecular flexibility index (Phi) is 4.73. The number of Topliss-reactive ketones (excluding diaryl/α,β-unsaturated/α-hetero) is 1. The van der Waals surface area contributed by atoms with Gasteiger partial charge in [0.1, 0.15) is 0 Å². The SMILES string of the molecule is CC(=O)OC(O)(C(=O)c1ccccc1)C(C)c1ccccc1. The molecule has 0 spiro atoms. The van der Waals surface area contributed by atoms with E-state index in [4.69, 9.17) is 4.74 Å². The fourth-order valence-corrected chi connectivity index (χ4v) is 2.31. The van der Waals surface area contributed by atoms with Crippen LogP contribution in [0.25, 0.3) is 0 Å². The Balaban J connectivity index is 2.44. The second-order valence-corrected chi connectivity index (χ2v) is 5.12. The fourth-order valence-electron chi connectivity index (χ4n) is 2.31. The van der Waals surface area contributed by atoms with E-state index in [1.165, 1.54) is 6.92 Å². The molecule has 0 radical (unpaired) electrons. The van der Waals surface area contributed by atoms with Crippen molar-refractivity contribution in [1.29, 1.82) is 0 Å². The first-order valence-electron chi connectivity index (χ1n) is 7.02. The standard InChI is InChI=1S/C18H18O4/c1-13(15-9-5-3-6-10-15)18(21,22-14(2)19)17(20)16-11-7-4-8-12-16/h3-13,21H,1-2H3. The summed E-state index contributed by atoms with van der Waals surface area (Å²) in [5.41, 5.74) is 0.990. The summed E-state index contributed by atoms with van der Waals surface area (Å²) < 4.78 is 5.04. The average Bonchev–Trinajstić information content (AvgIpc) is 2.54. The number of hydrogen-bond acceptors (Lipinski definition) is 4. The highest BCUT2D eigenvalue weighted by molar-refractivity contribution is 6.02. The Bertz CT molecular complexity index is 651. The number of rotatable bonds is 5. The highest BCUT2D eigenvalue weighted by Gasteiger charge is 2.46. The van der Waals surface area contributed by atoms with Gasteiger partial charge in [0.05, 0.1) is 5.92 Å². The van der Waals surface area contributed by atoms with E-state index < -0.39 is 23.5 Å². The van der Waals surface area contributed by atoms with Crippen LogP contribution in [0.15, 0.2) is 60.7 Å². The zero-order chi connectivity index (χ0) is 16.2. The van der Waals surface area contributed by atoms with Crippen molar-refractivity contribution in [2.24, 2.45) is 0 Å². The van der Waals surface area contributed by atoms with E-state index in [1.54, 1.807) is 61.5 Å². The molecule has 0 fully saturated rings. The number of ketones is 1. The van der Waals surface area contributed by atoms with Crippen molar-refractivity contribution in [1.82, 2.24) is 0 Å². The average molecular weight is 298 g/mol. The summed E-state index contributed by atoms with van der Waals surface area (Å²) in [6, 6.07) is 17.3. The number of benzene rings is 2. The summed E-state index contributed by atoms with van der Waals surface area (Å²) in [6.45, 7) is 2.82. The van der Waals surface area contributed by atoms with Gasteiger partial charge in [0.2, 0.25) is 5.78 Å². The molecule has 1 N–H and O–H groups in total. The Hall–Kier alpha value is -2.46. The van der Waals surface area contributed by atoms with Crippen LogP contribution in [-0.2, 0) is 9.53 Å². The van der Waals surface area contributed by atoms with Gasteiger partial charge in [0, 0.05) is 12.5 Å². The quantitative estimate of drug-likeness (QED) is 0.524. The zero-order valence-corrected chi connectivity index (χ0v) is 12.5. The molecule has 0 aliphatic carbocycles. The van der Waals surface area contributed by atoms with E-state index in [0.717, 1.165) is 0 Å². The lowest BCUT2D eigenvalue weighted by Gasteiger charge is -2.32. The van der Waals surface area contributed by atoms with E-state index in [9.17, 15) is 14.7 Å². The molecule has 0 heterocycles. The van der Waals surface area contributed by atoms with Crippen LogP contribution in [0.2, 0.25) is 0 Å². The molecule has 0 bridgehead atoms. The molecule has 0 saturated carbocycles. The van der Waals surface area contributed by atoms with Gasteiger partial charge in [0.25, 0.3) is 5.79 Å². The third-order valence-electron chi connectivity index (χ3n) is 3.55. The largest absolute Gasteiger partial charge is 0.425 e. The first-order chi connectivity index (χ1) is 10.4. The maximum atomic E-state index is 12.7. The van der Waals surface area contributed by atoms with Gasteiger partial charge in [-0.1, -0.05) is 67.6 Å². The highest BCUT2D eigenvalue weighted by Crippen LogP contribution is 2.32. The van der Waals surface area contributed by atoms with Crippen LogP contribution in [0.1, 0.15) is 35.7 Å². The molecule has 4 heteroatoms. The van der Waals surface area contributed by atoms with Crippen molar-refractivity contribution in [3.05, 3.63) is 71.8 Å². The number of esters is 1. The van der Waals surface area contributed by atoms with E-state index in [1.807, 2.05) is 6.07 Å². The van der Waals surface area contributed by atoms with Gasteiger partial charge in [-0.3, -0.25) is 9.59 Å². The molecule has 0 saturated heterocycles. The lowest BCUT2D eigenvalue weighted by atomic mass is 9.87. The van der Waals surface area contributed by atoms with Gasteiger partial charge >= 0.3 is 5.97 Å². The van der Waals surface area contributed by atoms with E-state index in [-0.39, 0.29) is 5.56 Å². The van der Waals surface area contributed by atoms with Crippen molar-refractivity contribution in [3.63, 3.8) is 0 Å². The van der Waals surface area contributed by atoms with Crippen LogP contribution >= 0.6 is 0 Å². The Morgan fingerprint density at radius 1 is 1.00 bits per heavy atom. The molecular weight excluding hydrogens is 280 g/mol. The van der Waals surface area contributed by atoms with Crippen LogP contribution in [0.5, 0.6) is 0 Å². The van der Waals surface area contributed by atoms with Crippen molar-refractivity contribution >= 4 is 11.8 Å². The fraction of sp³-hybridized carbons (Fsp3) is 0.222. The summed E-state index contributed by atoms with van der Waals surface area (Å²) in [7, 11) is 0. The molecule has 2 aromatic carbocycles. The van der Waals surface area contributed by atoms with Crippen molar-refractivity contribution in [3.8, 4) is 0 Å². The van der Waals surface area contributed by atoms with Crippen LogP contribution in [0.3, 0.4) is 0 Å². The Morgan fingerprint density at radius 2 is 1.50 bits per heavy atom. The highest BCUT2D eigenvalue weighted by atomic mass is 16.7. The monoisotopic (exact) mass is 298 g/mol. The molecule has 114 valence electrons. The van der Waals surface area contributed by atoms with Gasteiger partial charge in [-0.2, -0.15) is 0 Å². The number of carbonyl (C=O) groups excluding carboxylic acids is 2. The minimum absolute atomic E-state index is 0.286. The molecule has 4 nitrogen and oxygen atoms in total. The van der Waals surface area contributed by atoms with Gasteiger partial charge in [-0.25, -0.2) is 0 Å². The van der Waals surface area contributed by atoms with Crippen LogP contribution in [-0.4, -0.2) is 22.6 Å². The maximum Gasteiger partial charge on any atom is 0.305 e. The normalized spacial score (nSPS) is 14.7. The zero-order valence-electron chi connectivity index (χ0n) is 12.5. The minimum atomic E-state index is -2.24. The molecule has 0 aromatic heterocycles. The maximum absolute atomic E-state index is 12.7. The van der Waals surface area contributed by atoms with Crippen molar-refractivity contribution in [2.45, 2.75) is 25.6 Å². The third-order valence-corrected chi connectivity index (χ3v) is 3.55. The summed E-state index contributed by atoms with van der Waals surface area (Å²) in [5.74, 6) is -4.30. The second kappa shape index (κ2) is 6.54. The van der Waals surface area contributed by atoms with E-state index in [0.29, 0.717) is 5.56 Å². The van der Waals surface area contributed by atoms with E-state index >= 15 is 0 Å². The predicted octanol–water partition coefficient (Wildman–Crippen LogP) is 2.92. The molecule has 2 rings (SSSR count). The number of hydrogen-bond donors (Lipinski definition) is 1. The molecular formula is C18H18O4. The summed E-state index contributed by atoms with van der Waals surface area (Å²) >= 11 is 0. The summed E-state index contributed by atoms with van der Waals surface area (Å²) in [4.78, 5) is 24.1. The smallest absolute Gasteiger partial charge is 0.305 e. The first kappa shape index (κ1) is 15.9. The Labute approximate surface area is 129 Å². The second-order valence-electron chi connectivity index (χ2n) is 5.12. The lowest BCUT2D eigenvalue weighted by molar-refractivity contribution is -0.193. The Morgan fingerprint density at radius 3 is 2.00 bits per heavy atom. The van der Waals surface area contributed by atoms with Gasteiger partial charge in [-0.05, 0) is 5.56 Å². The van der Waals surface area contributed by atoms with Gasteiger partial charge in [-0.15, -0.1) is 0 Å². The number of carbonyl (C=O) groups is 2. The molecule has 2 aromatic rings. The third kappa shape index (κ3) is 3.23. The molecule has 2 unspecified atom stereocenters. The van der Waals surface area contributed by atoms with Crippen LogP contribution < -0.4 is 0 Å². The number of ether oxygens (including phenoxy) is 1. The van der Waals surface area contributed by atoms with Crippen molar-refractivity contribution < 1.29 is 19.4 Å². The van der Waals surface area contributed by atoms with Crippen LogP contribution in [0.4, 0.5) is 0 Å². The lowest BCUT2D eigenvalue weighted by Crippen LogP contribution is -2.47. The van der Waals surface area contributed by atoms with Crippen LogP contribution in [0, 0.1) is 0 Å². The van der Waals surface area contributed by atoms with E-state index in [2.05, 4.69) is 0 Å². The molecule has 0 aliphatic heterocycles. The molecule has 2 atom stereocenters. The molecule has 22 heavy (non-hydrogen) atoms. The predicted molar refractivity (Wildman–Crippen MR) is 82.3 cm³/mol. The number of aliphatic hydroxyl groups is 1.